The molecule has 0 unspecified atom stereocenters. The van der Waals surface area contributed by atoms with E-state index in [1.54, 1.807) is 24.3 Å². The van der Waals surface area contributed by atoms with Crippen LogP contribution in [0.3, 0.4) is 0 Å². The number of H-pyrrole nitrogens is 1. The number of carbonyl (C=O) groups excluding carboxylic acids is 1. The maximum atomic E-state index is 11.1. The molecule has 0 radical (unpaired) electrons. The predicted molar refractivity (Wildman–Crippen MR) is 64.4 cm³/mol. The predicted octanol–water partition coefficient (Wildman–Crippen LogP) is 1.06. The number of benzene rings is 1. The second kappa shape index (κ2) is 4.42. The molecule has 0 atom stereocenters. The Morgan fingerprint density at radius 1 is 1.24 bits per heavy atom. The quantitative estimate of drug-likeness (QED) is 0.806. The summed E-state index contributed by atoms with van der Waals surface area (Å²) in [7, 11) is 0. The molecule has 1 aromatic carbocycles. The summed E-state index contributed by atoms with van der Waals surface area (Å²) < 4.78 is 0. The summed E-state index contributed by atoms with van der Waals surface area (Å²) in [5.41, 5.74) is 0.550. The largest absolute Gasteiger partial charge is 0.349 e. The number of rotatable bonds is 2. The van der Waals surface area contributed by atoms with Crippen molar-refractivity contribution in [2.45, 2.75) is 6.92 Å². The fraction of sp³-hybridized carbons (Fsp3) is 0.0909. The van der Waals surface area contributed by atoms with Crippen LogP contribution in [-0.4, -0.2) is 15.8 Å². The number of hydrogen-bond donors (Lipinski definition) is 1. The number of nitrogens with one attached hydrogen (secondary N) is 1. The zero-order valence-corrected chi connectivity index (χ0v) is 9.71. The highest BCUT2D eigenvalue weighted by Gasteiger charge is 2.04. The van der Waals surface area contributed by atoms with Gasteiger partial charge in [0.15, 0.2) is 5.78 Å². The van der Waals surface area contributed by atoms with Crippen molar-refractivity contribution >= 4 is 17.1 Å². The van der Waals surface area contributed by atoms with Crippen LogP contribution in [0.25, 0.3) is 10.6 Å². The van der Waals surface area contributed by atoms with Gasteiger partial charge in [0.2, 0.25) is 0 Å². The third-order valence-corrected chi connectivity index (χ3v) is 2.95. The van der Waals surface area contributed by atoms with Crippen LogP contribution in [0.1, 0.15) is 17.3 Å². The van der Waals surface area contributed by atoms with E-state index in [0.29, 0.717) is 16.1 Å². The summed E-state index contributed by atoms with van der Waals surface area (Å²) in [5.74, 6) is -0.0383. The lowest BCUT2D eigenvalue weighted by Gasteiger charge is -1.99. The van der Waals surface area contributed by atoms with E-state index in [1.807, 2.05) is 0 Å². The summed E-state index contributed by atoms with van der Waals surface area (Å²) in [6.07, 6.45) is 0. The molecule has 0 saturated heterocycles. The highest BCUT2D eigenvalue weighted by molar-refractivity contribution is 7.12. The molecule has 5 nitrogen and oxygen atoms in total. The Morgan fingerprint density at radius 3 is 2.41 bits per heavy atom. The summed E-state index contributed by atoms with van der Waals surface area (Å²) in [6.45, 7) is 1.47. The lowest BCUT2D eigenvalue weighted by atomic mass is 10.1. The second-order valence-electron chi connectivity index (χ2n) is 3.37. The average Bonchev–Trinajstić information content (AvgIpc) is 2.28. The third-order valence-electron chi connectivity index (χ3n) is 2.14. The van der Waals surface area contributed by atoms with Crippen LogP contribution in [-0.2, 0) is 0 Å². The minimum atomic E-state index is -0.667. The molecule has 0 saturated carbocycles. The summed E-state index contributed by atoms with van der Waals surface area (Å²) >= 11 is 0.852. The number of nitrogens with zero attached hydrogens (tertiary/aromatic N) is 1. The van der Waals surface area contributed by atoms with Crippen LogP contribution in [0.2, 0.25) is 0 Å². The Hall–Kier alpha value is -2.08. The van der Waals surface area contributed by atoms with Gasteiger partial charge in [-0.15, -0.1) is 0 Å². The number of ketones is 1. The maximum Gasteiger partial charge on any atom is 0.349 e. The van der Waals surface area contributed by atoms with E-state index in [2.05, 4.69) is 9.97 Å². The topological polar surface area (TPSA) is 79.9 Å². The number of aromatic amines is 1. The van der Waals surface area contributed by atoms with E-state index in [1.165, 1.54) is 6.92 Å². The molecule has 17 heavy (non-hydrogen) atoms. The van der Waals surface area contributed by atoms with Gasteiger partial charge in [-0.2, -0.15) is 4.98 Å². The molecule has 1 N–H and O–H groups in total. The van der Waals surface area contributed by atoms with E-state index in [4.69, 9.17) is 0 Å². The molecular formula is C11H8N2O3S. The van der Waals surface area contributed by atoms with Gasteiger partial charge >= 0.3 is 10.6 Å². The van der Waals surface area contributed by atoms with E-state index in [-0.39, 0.29) is 5.78 Å². The van der Waals surface area contributed by atoms with Gasteiger partial charge in [-0.05, 0) is 6.92 Å². The monoisotopic (exact) mass is 248 g/mol. The fourth-order valence-electron chi connectivity index (χ4n) is 1.31. The van der Waals surface area contributed by atoms with Crippen molar-refractivity contribution in [1.82, 2.24) is 9.97 Å². The molecule has 86 valence electrons. The Kier molecular flexibility index (Phi) is 2.97. The van der Waals surface area contributed by atoms with E-state index in [0.717, 1.165) is 11.3 Å². The zero-order chi connectivity index (χ0) is 12.4. The van der Waals surface area contributed by atoms with Gasteiger partial charge < -0.3 is 0 Å². The van der Waals surface area contributed by atoms with Gasteiger partial charge in [-0.3, -0.25) is 14.6 Å². The van der Waals surface area contributed by atoms with Crippen molar-refractivity contribution in [3.8, 4) is 10.6 Å². The van der Waals surface area contributed by atoms with Crippen molar-refractivity contribution in [1.29, 1.82) is 0 Å². The van der Waals surface area contributed by atoms with E-state index >= 15 is 0 Å². The highest BCUT2D eigenvalue weighted by atomic mass is 32.1. The van der Waals surface area contributed by atoms with Crippen molar-refractivity contribution in [3.63, 3.8) is 0 Å². The minimum Gasteiger partial charge on any atom is -0.295 e. The molecule has 2 aromatic rings. The van der Waals surface area contributed by atoms with Crippen LogP contribution >= 0.6 is 11.3 Å². The van der Waals surface area contributed by atoms with Crippen LogP contribution in [0.4, 0.5) is 0 Å². The molecular weight excluding hydrogens is 240 g/mol. The lowest BCUT2D eigenvalue weighted by Crippen LogP contribution is -2.19. The van der Waals surface area contributed by atoms with Gasteiger partial charge in [0, 0.05) is 11.1 Å². The summed E-state index contributed by atoms with van der Waals surface area (Å²) in [6, 6.07) is 6.60. The van der Waals surface area contributed by atoms with Crippen LogP contribution in [0, 0.1) is 0 Å². The van der Waals surface area contributed by atoms with Gasteiger partial charge in [0.05, 0.1) is 0 Å². The number of carbonyl (C=O) groups is 1. The second-order valence-corrected chi connectivity index (χ2v) is 4.33. The molecule has 2 rings (SSSR count). The normalized spacial score (nSPS) is 10.2. The first kappa shape index (κ1) is 11.4. The highest BCUT2D eigenvalue weighted by Crippen LogP contribution is 2.18. The summed E-state index contributed by atoms with van der Waals surface area (Å²) in [4.78, 5) is 38.6. The van der Waals surface area contributed by atoms with Crippen LogP contribution in [0.15, 0.2) is 33.9 Å². The Balaban J connectivity index is 2.50. The molecule has 0 amide bonds. The first-order valence-electron chi connectivity index (χ1n) is 4.79. The van der Waals surface area contributed by atoms with Gasteiger partial charge in [0.1, 0.15) is 5.01 Å². The molecule has 0 fully saturated rings. The standard InChI is InChI=1S/C11H8N2O3S/c1-6(14)7-2-4-8(5-3-7)9-12-10(15)13-11(16)17-9/h2-5H,1H3,(H,13,15,16). The van der Waals surface area contributed by atoms with Gasteiger partial charge in [-0.25, -0.2) is 4.79 Å². The number of aromatic nitrogens is 2. The fourth-order valence-corrected chi connectivity index (χ4v) is 2.01. The first-order valence-corrected chi connectivity index (χ1v) is 5.61. The zero-order valence-electron chi connectivity index (χ0n) is 8.89. The molecule has 1 heterocycles. The molecule has 0 aliphatic heterocycles. The van der Waals surface area contributed by atoms with Crippen LogP contribution < -0.4 is 10.6 Å². The molecule has 0 bridgehead atoms. The van der Waals surface area contributed by atoms with Crippen LogP contribution in [0.5, 0.6) is 0 Å². The van der Waals surface area contributed by atoms with E-state index < -0.39 is 10.6 Å². The molecule has 0 spiro atoms. The molecule has 1 aromatic heterocycles. The molecule has 0 aliphatic rings. The number of hydrogen-bond acceptors (Lipinski definition) is 5. The third kappa shape index (κ3) is 2.54. The Morgan fingerprint density at radius 2 is 1.88 bits per heavy atom. The smallest absolute Gasteiger partial charge is 0.295 e. The average molecular weight is 248 g/mol. The van der Waals surface area contributed by atoms with Crippen molar-refractivity contribution in [2.24, 2.45) is 0 Å². The SMILES string of the molecule is CC(=O)c1ccc(-c2nc(=O)[nH]c(=O)s2)cc1. The van der Waals surface area contributed by atoms with Crippen molar-refractivity contribution in [3.05, 3.63) is 50.0 Å². The van der Waals surface area contributed by atoms with Gasteiger partial charge in [0.25, 0.3) is 0 Å². The summed E-state index contributed by atoms with van der Waals surface area (Å²) in [5, 5.41) is 0.342. The maximum absolute atomic E-state index is 11.1. The number of Topliss-reactive ketones (excluding diaryl/α,β-unsaturated/α-hetero) is 1. The molecule has 6 heteroatoms. The van der Waals surface area contributed by atoms with Crippen molar-refractivity contribution in [2.75, 3.05) is 0 Å². The molecule has 0 aliphatic carbocycles. The lowest BCUT2D eigenvalue weighted by molar-refractivity contribution is 0.101. The van der Waals surface area contributed by atoms with Gasteiger partial charge in [-0.1, -0.05) is 35.6 Å². The van der Waals surface area contributed by atoms with E-state index in [9.17, 15) is 14.4 Å². The van der Waals surface area contributed by atoms with Crippen molar-refractivity contribution < 1.29 is 4.79 Å². The first-order chi connectivity index (χ1) is 8.06. The minimum absolute atomic E-state index is 0.0383. The Bertz CT molecular complexity index is 642. The Labute approximate surface area is 99.8 Å².